The van der Waals surface area contributed by atoms with Crippen molar-refractivity contribution in [2.75, 3.05) is 6.54 Å². The van der Waals surface area contributed by atoms with Crippen LogP contribution in [0.5, 0.6) is 0 Å². The molecule has 0 aliphatic rings. The van der Waals surface area contributed by atoms with Crippen molar-refractivity contribution in [3.63, 3.8) is 0 Å². The minimum Gasteiger partial charge on any atom is -0.358 e. The van der Waals surface area contributed by atoms with Gasteiger partial charge in [0.25, 0.3) is 5.69 Å². The maximum Gasteiger partial charge on any atom is 0.270 e. The van der Waals surface area contributed by atoms with Crippen molar-refractivity contribution in [1.82, 2.24) is 4.98 Å². The molecule has 0 amide bonds. The standard InChI is InChI=1S/C11H13N3O2.ClH/c1-7-9(4-5-12)10-6-8(14(15)16)2-3-11(10)13-7;/h2-3,6,13H,4-5,12H2,1H3;1H. The predicted molar refractivity (Wildman–Crippen MR) is 69.7 cm³/mol. The minimum absolute atomic E-state index is 0. The summed E-state index contributed by atoms with van der Waals surface area (Å²) in [4.78, 5) is 13.5. The van der Waals surface area contributed by atoms with E-state index in [1.165, 1.54) is 6.07 Å². The van der Waals surface area contributed by atoms with Gasteiger partial charge in [0.2, 0.25) is 0 Å². The molecule has 5 nitrogen and oxygen atoms in total. The predicted octanol–water partition coefficient (Wildman–Crippen LogP) is 2.31. The number of aromatic nitrogens is 1. The maximum atomic E-state index is 10.7. The van der Waals surface area contributed by atoms with Crippen molar-refractivity contribution < 1.29 is 4.92 Å². The summed E-state index contributed by atoms with van der Waals surface area (Å²) < 4.78 is 0. The quantitative estimate of drug-likeness (QED) is 0.652. The van der Waals surface area contributed by atoms with Crippen molar-refractivity contribution in [2.24, 2.45) is 5.73 Å². The number of H-pyrrole nitrogens is 1. The van der Waals surface area contributed by atoms with E-state index in [4.69, 9.17) is 5.73 Å². The van der Waals surface area contributed by atoms with Gasteiger partial charge < -0.3 is 10.7 Å². The first-order valence-electron chi connectivity index (χ1n) is 5.09. The number of fused-ring (bicyclic) bond motifs is 1. The number of halogens is 1. The second-order valence-electron chi connectivity index (χ2n) is 3.75. The van der Waals surface area contributed by atoms with Crippen LogP contribution in [-0.4, -0.2) is 16.5 Å². The average molecular weight is 256 g/mol. The zero-order chi connectivity index (χ0) is 11.7. The highest BCUT2D eigenvalue weighted by Gasteiger charge is 2.12. The molecule has 0 unspecified atom stereocenters. The zero-order valence-electron chi connectivity index (χ0n) is 9.40. The molecule has 0 fully saturated rings. The maximum absolute atomic E-state index is 10.7. The Labute approximate surface area is 105 Å². The Morgan fingerprint density at radius 2 is 2.18 bits per heavy atom. The Bertz CT molecular complexity index is 551. The van der Waals surface area contributed by atoms with Crippen molar-refractivity contribution in [3.8, 4) is 0 Å². The topological polar surface area (TPSA) is 84.9 Å². The summed E-state index contributed by atoms with van der Waals surface area (Å²) in [6.07, 6.45) is 0.729. The van der Waals surface area contributed by atoms with Gasteiger partial charge in [-0.25, -0.2) is 0 Å². The number of nitro groups is 1. The summed E-state index contributed by atoms with van der Waals surface area (Å²) in [5.41, 5.74) is 8.67. The molecule has 0 aliphatic heterocycles. The monoisotopic (exact) mass is 255 g/mol. The highest BCUT2D eigenvalue weighted by Crippen LogP contribution is 2.26. The highest BCUT2D eigenvalue weighted by molar-refractivity contribution is 5.86. The number of nitrogens with one attached hydrogen (secondary N) is 1. The van der Waals surface area contributed by atoms with Crippen LogP contribution in [0.15, 0.2) is 18.2 Å². The number of hydrogen-bond donors (Lipinski definition) is 2. The molecule has 1 heterocycles. The van der Waals surface area contributed by atoms with Crippen LogP contribution in [0.25, 0.3) is 10.9 Å². The number of aromatic amines is 1. The molecule has 0 atom stereocenters. The Kier molecular flexibility index (Phi) is 4.09. The summed E-state index contributed by atoms with van der Waals surface area (Å²) in [5, 5.41) is 11.6. The zero-order valence-corrected chi connectivity index (χ0v) is 10.2. The summed E-state index contributed by atoms with van der Waals surface area (Å²) >= 11 is 0. The summed E-state index contributed by atoms with van der Waals surface area (Å²) in [6.45, 7) is 2.49. The van der Waals surface area contributed by atoms with E-state index in [9.17, 15) is 10.1 Å². The lowest BCUT2D eigenvalue weighted by atomic mass is 10.1. The van der Waals surface area contributed by atoms with Crippen LogP contribution in [0.4, 0.5) is 5.69 Å². The third-order valence-corrected chi connectivity index (χ3v) is 2.71. The van der Waals surface area contributed by atoms with Gasteiger partial charge in [-0.15, -0.1) is 12.4 Å². The first-order chi connectivity index (χ1) is 7.63. The SMILES string of the molecule is Cc1[nH]c2ccc([N+](=O)[O-])cc2c1CCN.Cl. The molecule has 17 heavy (non-hydrogen) atoms. The third kappa shape index (κ3) is 2.40. The van der Waals surface area contributed by atoms with Crippen LogP contribution >= 0.6 is 12.4 Å². The Hall–Kier alpha value is -1.59. The first-order valence-corrected chi connectivity index (χ1v) is 5.09. The second-order valence-corrected chi connectivity index (χ2v) is 3.75. The van der Waals surface area contributed by atoms with Crippen LogP contribution in [0.2, 0.25) is 0 Å². The Morgan fingerprint density at radius 1 is 1.47 bits per heavy atom. The van der Waals surface area contributed by atoms with E-state index >= 15 is 0 Å². The smallest absolute Gasteiger partial charge is 0.270 e. The van der Waals surface area contributed by atoms with E-state index in [0.29, 0.717) is 6.54 Å². The van der Waals surface area contributed by atoms with Gasteiger partial charge in [-0.2, -0.15) is 0 Å². The van der Waals surface area contributed by atoms with Crippen LogP contribution in [-0.2, 0) is 6.42 Å². The van der Waals surface area contributed by atoms with E-state index in [1.807, 2.05) is 6.92 Å². The van der Waals surface area contributed by atoms with Gasteiger partial charge in [-0.05, 0) is 31.5 Å². The number of non-ortho nitro benzene ring substituents is 1. The molecule has 0 radical (unpaired) electrons. The van der Waals surface area contributed by atoms with Gasteiger partial charge in [0.15, 0.2) is 0 Å². The van der Waals surface area contributed by atoms with Crippen LogP contribution in [0.3, 0.4) is 0 Å². The number of nitro benzene ring substituents is 1. The molecule has 0 aliphatic carbocycles. The molecular formula is C11H14ClN3O2. The number of hydrogen-bond acceptors (Lipinski definition) is 3. The summed E-state index contributed by atoms with van der Waals surface area (Å²) in [6, 6.07) is 4.84. The van der Waals surface area contributed by atoms with E-state index < -0.39 is 0 Å². The molecule has 92 valence electrons. The lowest BCUT2D eigenvalue weighted by molar-refractivity contribution is -0.384. The summed E-state index contributed by atoms with van der Waals surface area (Å²) in [5.74, 6) is 0. The van der Waals surface area contributed by atoms with Crippen molar-refractivity contribution in [3.05, 3.63) is 39.6 Å². The lowest BCUT2D eigenvalue weighted by Gasteiger charge is -1.98. The van der Waals surface area contributed by atoms with Gasteiger partial charge in [-0.1, -0.05) is 0 Å². The van der Waals surface area contributed by atoms with E-state index in [0.717, 1.165) is 28.6 Å². The lowest BCUT2D eigenvalue weighted by Crippen LogP contribution is -2.03. The number of rotatable bonds is 3. The molecule has 0 saturated carbocycles. The van der Waals surface area contributed by atoms with Crippen molar-refractivity contribution in [2.45, 2.75) is 13.3 Å². The number of nitrogens with zero attached hydrogens (tertiary/aromatic N) is 1. The number of nitrogens with two attached hydrogens (primary N) is 1. The minimum atomic E-state index is -0.381. The van der Waals surface area contributed by atoms with Gasteiger partial charge >= 0.3 is 0 Å². The van der Waals surface area contributed by atoms with Crippen LogP contribution in [0.1, 0.15) is 11.3 Å². The first kappa shape index (κ1) is 13.5. The molecule has 0 saturated heterocycles. The second kappa shape index (κ2) is 5.16. The van der Waals surface area contributed by atoms with E-state index in [1.54, 1.807) is 12.1 Å². The van der Waals surface area contributed by atoms with Gasteiger partial charge in [0.1, 0.15) is 0 Å². The van der Waals surface area contributed by atoms with E-state index in [2.05, 4.69) is 4.98 Å². The number of benzene rings is 1. The molecule has 2 rings (SSSR count). The Morgan fingerprint density at radius 3 is 2.76 bits per heavy atom. The Balaban J connectivity index is 0.00000144. The van der Waals surface area contributed by atoms with Crippen molar-refractivity contribution in [1.29, 1.82) is 0 Å². The molecule has 1 aromatic heterocycles. The molecule has 0 bridgehead atoms. The molecule has 1 aromatic carbocycles. The molecule has 6 heteroatoms. The van der Waals surface area contributed by atoms with E-state index in [-0.39, 0.29) is 23.0 Å². The normalized spacial score (nSPS) is 10.2. The number of aryl methyl sites for hydroxylation is 1. The molecule has 2 aromatic rings. The molecular weight excluding hydrogens is 242 g/mol. The summed E-state index contributed by atoms with van der Waals surface area (Å²) in [7, 11) is 0. The van der Waals surface area contributed by atoms with Crippen LogP contribution in [0, 0.1) is 17.0 Å². The largest absolute Gasteiger partial charge is 0.358 e. The molecule has 0 spiro atoms. The third-order valence-electron chi connectivity index (χ3n) is 2.71. The van der Waals surface area contributed by atoms with Gasteiger partial charge in [-0.3, -0.25) is 10.1 Å². The van der Waals surface area contributed by atoms with Crippen LogP contribution < -0.4 is 5.73 Å². The van der Waals surface area contributed by atoms with Crippen molar-refractivity contribution >= 4 is 29.0 Å². The van der Waals surface area contributed by atoms with Gasteiger partial charge in [0.05, 0.1) is 4.92 Å². The van der Waals surface area contributed by atoms with Gasteiger partial charge in [0, 0.05) is 28.7 Å². The fourth-order valence-electron chi connectivity index (χ4n) is 1.95. The molecule has 3 N–H and O–H groups in total. The fraction of sp³-hybridized carbons (Fsp3) is 0.273. The highest BCUT2D eigenvalue weighted by atomic mass is 35.5. The average Bonchev–Trinajstić information content (AvgIpc) is 2.55. The fourth-order valence-corrected chi connectivity index (χ4v) is 1.95.